The van der Waals surface area contributed by atoms with Crippen LogP contribution in [-0.2, 0) is 0 Å². The van der Waals surface area contributed by atoms with Crippen LogP contribution in [0.3, 0.4) is 0 Å². The normalized spacial score (nSPS) is 30.8. The minimum atomic E-state index is 0.880. The molecule has 1 saturated carbocycles. The molecule has 0 aromatic carbocycles. The number of hydrogen-bond acceptors (Lipinski definition) is 2. The maximum Gasteiger partial charge on any atom is 0.00948 e. The molecule has 1 aliphatic heterocycles. The van der Waals surface area contributed by atoms with E-state index in [1.54, 1.807) is 0 Å². The summed E-state index contributed by atoms with van der Waals surface area (Å²) in [5.41, 5.74) is 0. The zero-order valence-corrected chi connectivity index (χ0v) is 12.5. The highest BCUT2D eigenvalue weighted by molar-refractivity contribution is 4.79. The van der Waals surface area contributed by atoms with E-state index < -0.39 is 0 Å². The molecule has 18 heavy (non-hydrogen) atoms. The Morgan fingerprint density at radius 2 is 1.83 bits per heavy atom. The molecule has 2 nitrogen and oxygen atoms in total. The molecule has 2 rings (SSSR count). The first-order valence-corrected chi connectivity index (χ1v) is 8.20. The largest absolute Gasteiger partial charge is 0.317 e. The van der Waals surface area contributed by atoms with Gasteiger partial charge in [0.15, 0.2) is 0 Å². The van der Waals surface area contributed by atoms with Gasteiger partial charge in [-0.15, -0.1) is 0 Å². The molecule has 2 fully saturated rings. The highest BCUT2D eigenvalue weighted by Gasteiger charge is 2.24. The Kier molecular flexibility index (Phi) is 5.97. The van der Waals surface area contributed by atoms with Crippen molar-refractivity contribution in [2.45, 2.75) is 64.3 Å². The zero-order valence-electron chi connectivity index (χ0n) is 12.5. The summed E-state index contributed by atoms with van der Waals surface area (Å²) in [6.07, 6.45) is 11.4. The third-order valence-electron chi connectivity index (χ3n) is 5.30. The van der Waals surface area contributed by atoms with Gasteiger partial charge >= 0.3 is 0 Å². The summed E-state index contributed by atoms with van der Waals surface area (Å²) in [4.78, 5) is 2.67. The van der Waals surface area contributed by atoms with Gasteiger partial charge in [0, 0.05) is 6.04 Å². The molecule has 1 saturated heterocycles. The van der Waals surface area contributed by atoms with Gasteiger partial charge in [-0.2, -0.15) is 0 Å². The van der Waals surface area contributed by atoms with E-state index in [4.69, 9.17) is 0 Å². The third kappa shape index (κ3) is 4.24. The van der Waals surface area contributed by atoms with E-state index in [2.05, 4.69) is 24.2 Å². The van der Waals surface area contributed by atoms with E-state index in [0.717, 1.165) is 17.9 Å². The first kappa shape index (κ1) is 14.3. The molecule has 2 unspecified atom stereocenters. The minimum absolute atomic E-state index is 0.880. The Hall–Kier alpha value is -0.0800. The maximum absolute atomic E-state index is 3.47. The molecular formula is C16H32N2. The van der Waals surface area contributed by atoms with E-state index in [1.165, 1.54) is 71.0 Å². The molecule has 106 valence electrons. The van der Waals surface area contributed by atoms with E-state index in [0.29, 0.717) is 0 Å². The molecule has 0 aromatic heterocycles. The molecule has 2 aliphatic rings. The summed E-state index contributed by atoms with van der Waals surface area (Å²) in [6, 6.07) is 0.880. The monoisotopic (exact) mass is 252 g/mol. The predicted molar refractivity (Wildman–Crippen MR) is 78.9 cm³/mol. The highest BCUT2D eigenvalue weighted by atomic mass is 15.1. The molecule has 1 N–H and O–H groups in total. The van der Waals surface area contributed by atoms with E-state index in [9.17, 15) is 0 Å². The number of nitrogens with one attached hydrogen (secondary N) is 1. The van der Waals surface area contributed by atoms with Gasteiger partial charge in [-0.3, -0.25) is 0 Å². The minimum Gasteiger partial charge on any atom is -0.317 e. The fraction of sp³-hybridized carbons (Fsp3) is 1.00. The Morgan fingerprint density at radius 1 is 1.06 bits per heavy atom. The summed E-state index contributed by atoms with van der Waals surface area (Å²) in [7, 11) is 2.36. The molecule has 0 bridgehead atoms. The predicted octanol–water partition coefficient (Wildman–Crippen LogP) is 3.28. The summed E-state index contributed by atoms with van der Waals surface area (Å²) in [6.45, 7) is 6.18. The van der Waals surface area contributed by atoms with E-state index in [1.807, 2.05) is 0 Å². The van der Waals surface area contributed by atoms with Gasteiger partial charge in [0.1, 0.15) is 0 Å². The second-order valence-electron chi connectivity index (χ2n) is 6.56. The van der Waals surface area contributed by atoms with Crippen LogP contribution in [0.4, 0.5) is 0 Å². The van der Waals surface area contributed by atoms with Crippen LogP contribution >= 0.6 is 0 Å². The van der Waals surface area contributed by atoms with Gasteiger partial charge in [-0.1, -0.05) is 26.2 Å². The lowest BCUT2D eigenvalue weighted by atomic mass is 9.83. The Labute approximate surface area is 114 Å². The first-order valence-electron chi connectivity index (χ1n) is 8.20. The number of rotatable bonds is 5. The van der Waals surface area contributed by atoms with Crippen LogP contribution in [-0.4, -0.2) is 37.6 Å². The van der Waals surface area contributed by atoms with Gasteiger partial charge < -0.3 is 10.2 Å². The Morgan fingerprint density at radius 3 is 2.56 bits per heavy atom. The quantitative estimate of drug-likeness (QED) is 0.808. The average Bonchev–Trinajstić information content (AvgIpc) is 2.46. The molecule has 1 aliphatic carbocycles. The second-order valence-corrected chi connectivity index (χ2v) is 6.56. The molecule has 0 aromatic rings. The van der Waals surface area contributed by atoms with Crippen molar-refractivity contribution in [3.8, 4) is 0 Å². The molecule has 0 spiro atoms. The Balaban J connectivity index is 1.68. The van der Waals surface area contributed by atoms with Crippen molar-refractivity contribution in [3.63, 3.8) is 0 Å². The lowest BCUT2D eigenvalue weighted by molar-refractivity contribution is 0.145. The van der Waals surface area contributed by atoms with Crippen LogP contribution in [0.1, 0.15) is 58.3 Å². The standard InChI is InChI=1S/C16H32N2/c1-3-14-5-4-6-16(13-14)18(2)12-9-15-7-10-17-11-8-15/h14-17H,3-13H2,1-2H3. The van der Waals surface area contributed by atoms with Crippen molar-refractivity contribution in [1.82, 2.24) is 10.2 Å². The first-order chi connectivity index (χ1) is 8.79. The van der Waals surface area contributed by atoms with Crippen molar-refractivity contribution in [1.29, 1.82) is 0 Å². The molecule has 0 radical (unpaired) electrons. The van der Waals surface area contributed by atoms with Gasteiger partial charge in [0.2, 0.25) is 0 Å². The van der Waals surface area contributed by atoms with E-state index >= 15 is 0 Å². The van der Waals surface area contributed by atoms with Crippen LogP contribution in [0.15, 0.2) is 0 Å². The molecule has 0 amide bonds. The van der Waals surface area contributed by atoms with Crippen molar-refractivity contribution < 1.29 is 0 Å². The second kappa shape index (κ2) is 7.49. The van der Waals surface area contributed by atoms with Crippen LogP contribution in [0.2, 0.25) is 0 Å². The molecular weight excluding hydrogens is 220 g/mol. The van der Waals surface area contributed by atoms with Gasteiger partial charge in [0.25, 0.3) is 0 Å². The smallest absolute Gasteiger partial charge is 0.00948 e. The summed E-state index contributed by atoms with van der Waals surface area (Å²) in [5, 5.41) is 3.47. The van der Waals surface area contributed by atoms with Gasteiger partial charge in [0.05, 0.1) is 0 Å². The highest BCUT2D eigenvalue weighted by Crippen LogP contribution is 2.29. The average molecular weight is 252 g/mol. The fourth-order valence-electron chi connectivity index (χ4n) is 3.77. The van der Waals surface area contributed by atoms with Gasteiger partial charge in [-0.05, 0) is 70.6 Å². The fourth-order valence-corrected chi connectivity index (χ4v) is 3.77. The van der Waals surface area contributed by atoms with Crippen LogP contribution in [0.5, 0.6) is 0 Å². The third-order valence-corrected chi connectivity index (χ3v) is 5.30. The van der Waals surface area contributed by atoms with E-state index in [-0.39, 0.29) is 0 Å². The van der Waals surface area contributed by atoms with Crippen molar-refractivity contribution >= 4 is 0 Å². The lowest BCUT2D eigenvalue weighted by Gasteiger charge is -2.36. The van der Waals surface area contributed by atoms with Crippen molar-refractivity contribution in [2.75, 3.05) is 26.7 Å². The van der Waals surface area contributed by atoms with Crippen LogP contribution in [0, 0.1) is 11.8 Å². The van der Waals surface area contributed by atoms with Crippen LogP contribution < -0.4 is 5.32 Å². The molecule has 2 atom stereocenters. The zero-order chi connectivity index (χ0) is 12.8. The van der Waals surface area contributed by atoms with Gasteiger partial charge in [-0.25, -0.2) is 0 Å². The Bertz CT molecular complexity index is 223. The van der Waals surface area contributed by atoms with Crippen LogP contribution in [0.25, 0.3) is 0 Å². The number of hydrogen-bond donors (Lipinski definition) is 1. The summed E-state index contributed by atoms with van der Waals surface area (Å²) < 4.78 is 0. The number of piperidine rings is 1. The maximum atomic E-state index is 3.47. The van der Waals surface area contributed by atoms with Crippen molar-refractivity contribution in [2.24, 2.45) is 11.8 Å². The lowest BCUT2D eigenvalue weighted by Crippen LogP contribution is -2.38. The SMILES string of the molecule is CCC1CCCC(N(C)CCC2CCNCC2)C1. The number of nitrogens with zero attached hydrogens (tertiary/aromatic N) is 1. The topological polar surface area (TPSA) is 15.3 Å². The molecule has 2 heteroatoms. The molecule has 1 heterocycles. The summed E-state index contributed by atoms with van der Waals surface area (Å²) >= 11 is 0. The summed E-state index contributed by atoms with van der Waals surface area (Å²) in [5.74, 6) is 1.99. The van der Waals surface area contributed by atoms with Crippen molar-refractivity contribution in [3.05, 3.63) is 0 Å².